The third-order valence-electron chi connectivity index (χ3n) is 4.63. The molecule has 3 aromatic carbocycles. The Balaban J connectivity index is 1.69. The Morgan fingerprint density at radius 1 is 0.968 bits per heavy atom. The smallest absolute Gasteiger partial charge is 0.265 e. The first-order chi connectivity index (χ1) is 14.7. The van der Waals surface area contributed by atoms with E-state index in [4.69, 9.17) is 4.74 Å². The Morgan fingerprint density at radius 3 is 2.35 bits per heavy atom. The van der Waals surface area contributed by atoms with Crippen LogP contribution in [-0.4, -0.2) is 23.0 Å². The van der Waals surface area contributed by atoms with Gasteiger partial charge in [-0.2, -0.15) is 0 Å². The summed E-state index contributed by atoms with van der Waals surface area (Å²) in [5, 5.41) is 15.0. The maximum atomic E-state index is 14.5. The summed E-state index contributed by atoms with van der Waals surface area (Å²) in [6.45, 7) is 5.36. The molecule has 0 saturated heterocycles. The zero-order chi connectivity index (χ0) is 22.5. The number of aryl methyl sites for hydroxylation is 2. The van der Waals surface area contributed by atoms with Crippen molar-refractivity contribution in [2.75, 3.05) is 10.6 Å². The molecule has 0 spiro atoms. The van der Waals surface area contributed by atoms with Crippen molar-refractivity contribution in [1.29, 1.82) is 0 Å². The minimum atomic E-state index is -0.902. The third-order valence-corrected chi connectivity index (χ3v) is 4.63. The van der Waals surface area contributed by atoms with Crippen LogP contribution in [0.4, 0.5) is 15.8 Å². The van der Waals surface area contributed by atoms with E-state index in [2.05, 4.69) is 10.6 Å². The van der Waals surface area contributed by atoms with Gasteiger partial charge in [0, 0.05) is 17.7 Å². The van der Waals surface area contributed by atoms with Crippen LogP contribution in [0.5, 0.6) is 11.5 Å². The normalized spacial score (nSPS) is 11.5. The lowest BCUT2D eigenvalue weighted by molar-refractivity contribution is -0.122. The lowest BCUT2D eigenvalue weighted by Crippen LogP contribution is -2.30. The number of hydrogen-bond acceptors (Lipinski definition) is 4. The lowest BCUT2D eigenvalue weighted by atomic mass is 10.1. The van der Waals surface area contributed by atoms with Gasteiger partial charge in [0.15, 0.2) is 6.10 Å². The maximum absolute atomic E-state index is 14.5. The molecule has 0 heterocycles. The topological polar surface area (TPSA) is 87.7 Å². The van der Waals surface area contributed by atoms with Crippen LogP contribution in [0.25, 0.3) is 0 Å². The van der Waals surface area contributed by atoms with Crippen LogP contribution in [-0.2, 0) is 4.79 Å². The highest BCUT2D eigenvalue weighted by Gasteiger charge is 2.19. The van der Waals surface area contributed by atoms with Gasteiger partial charge in [0.2, 0.25) is 0 Å². The van der Waals surface area contributed by atoms with Gasteiger partial charge in [0.25, 0.3) is 11.8 Å². The second-order valence-electron chi connectivity index (χ2n) is 7.19. The van der Waals surface area contributed by atoms with Crippen molar-refractivity contribution in [3.63, 3.8) is 0 Å². The van der Waals surface area contributed by atoms with Crippen molar-refractivity contribution >= 4 is 23.2 Å². The van der Waals surface area contributed by atoms with Crippen LogP contribution in [0.2, 0.25) is 0 Å². The zero-order valence-corrected chi connectivity index (χ0v) is 17.4. The highest BCUT2D eigenvalue weighted by atomic mass is 19.1. The summed E-state index contributed by atoms with van der Waals surface area (Å²) in [6, 6.07) is 15.9. The average Bonchev–Trinajstić information content (AvgIpc) is 2.74. The molecule has 3 rings (SSSR count). The highest BCUT2D eigenvalue weighted by molar-refractivity contribution is 6.05. The maximum Gasteiger partial charge on any atom is 0.265 e. The summed E-state index contributed by atoms with van der Waals surface area (Å²) in [5.74, 6) is -1.73. The van der Waals surface area contributed by atoms with Crippen molar-refractivity contribution in [3.05, 3.63) is 83.2 Å². The van der Waals surface area contributed by atoms with E-state index in [1.54, 1.807) is 43.3 Å². The molecule has 0 fully saturated rings. The molecule has 0 saturated carbocycles. The van der Waals surface area contributed by atoms with Crippen molar-refractivity contribution < 1.29 is 23.8 Å². The van der Waals surface area contributed by atoms with Gasteiger partial charge < -0.3 is 20.5 Å². The molecule has 0 radical (unpaired) electrons. The number of hydrogen-bond donors (Lipinski definition) is 3. The summed E-state index contributed by atoms with van der Waals surface area (Å²) >= 11 is 0. The van der Waals surface area contributed by atoms with Crippen LogP contribution >= 0.6 is 0 Å². The Morgan fingerprint density at radius 2 is 1.68 bits per heavy atom. The fourth-order valence-electron chi connectivity index (χ4n) is 2.95. The van der Waals surface area contributed by atoms with Gasteiger partial charge in [-0.25, -0.2) is 4.39 Å². The van der Waals surface area contributed by atoms with Crippen LogP contribution < -0.4 is 15.4 Å². The number of aromatic hydroxyl groups is 1. The van der Waals surface area contributed by atoms with E-state index >= 15 is 0 Å². The van der Waals surface area contributed by atoms with Crippen LogP contribution in [0.3, 0.4) is 0 Å². The van der Waals surface area contributed by atoms with Crippen molar-refractivity contribution in [3.8, 4) is 11.5 Å². The molecule has 0 aromatic heterocycles. The average molecular weight is 422 g/mol. The molecule has 0 aliphatic rings. The summed E-state index contributed by atoms with van der Waals surface area (Å²) in [7, 11) is 0. The summed E-state index contributed by atoms with van der Waals surface area (Å²) in [6.07, 6.45) is -0.902. The fraction of sp³-hybridized carbons (Fsp3) is 0.167. The van der Waals surface area contributed by atoms with E-state index in [0.717, 1.165) is 23.3 Å². The second kappa shape index (κ2) is 9.30. The van der Waals surface area contributed by atoms with E-state index < -0.39 is 23.7 Å². The van der Waals surface area contributed by atoms with Crippen LogP contribution in [0, 0.1) is 19.7 Å². The van der Waals surface area contributed by atoms with Gasteiger partial charge in [0.1, 0.15) is 17.3 Å². The molecular formula is C24H23FN2O4. The SMILES string of the molecule is Cc1ccc(OC(C)C(=O)Nc2cc(O)c(NC(=O)c3ccccc3)cc2F)c(C)c1. The monoisotopic (exact) mass is 422 g/mol. The first-order valence-electron chi connectivity index (χ1n) is 9.68. The fourth-order valence-corrected chi connectivity index (χ4v) is 2.95. The van der Waals surface area contributed by atoms with Crippen LogP contribution in [0.1, 0.15) is 28.4 Å². The van der Waals surface area contributed by atoms with E-state index in [1.165, 1.54) is 0 Å². The molecule has 3 aromatic rings. The standard InChI is InChI=1S/C24H23FN2O4/c1-14-9-10-22(15(2)11-14)31-16(3)23(29)26-19-13-21(28)20(12-18(19)25)27-24(30)17-7-5-4-6-8-17/h4-13,16,28H,1-3H3,(H,26,29)(H,27,30). The second-order valence-corrected chi connectivity index (χ2v) is 7.19. The first-order valence-corrected chi connectivity index (χ1v) is 9.68. The first kappa shape index (κ1) is 21.8. The number of amides is 2. The Labute approximate surface area is 179 Å². The van der Waals surface area contributed by atoms with Gasteiger partial charge in [-0.3, -0.25) is 9.59 Å². The highest BCUT2D eigenvalue weighted by Crippen LogP contribution is 2.30. The molecule has 31 heavy (non-hydrogen) atoms. The van der Waals surface area contributed by atoms with Crippen molar-refractivity contribution in [2.24, 2.45) is 0 Å². The number of carbonyl (C=O) groups excluding carboxylic acids is 2. The Bertz CT molecular complexity index is 1120. The number of phenols is 1. The zero-order valence-electron chi connectivity index (χ0n) is 17.4. The number of ether oxygens (including phenoxy) is 1. The number of halogens is 1. The quantitative estimate of drug-likeness (QED) is 0.498. The van der Waals surface area contributed by atoms with Crippen LogP contribution in [0.15, 0.2) is 60.7 Å². The number of nitrogens with one attached hydrogen (secondary N) is 2. The van der Waals surface area contributed by atoms with E-state index in [9.17, 15) is 19.1 Å². The van der Waals surface area contributed by atoms with Crippen molar-refractivity contribution in [1.82, 2.24) is 0 Å². The summed E-state index contributed by atoms with van der Waals surface area (Å²) < 4.78 is 20.2. The Kier molecular flexibility index (Phi) is 6.55. The molecule has 6 nitrogen and oxygen atoms in total. The van der Waals surface area contributed by atoms with Crippen molar-refractivity contribution in [2.45, 2.75) is 26.9 Å². The van der Waals surface area contributed by atoms with Gasteiger partial charge >= 0.3 is 0 Å². The molecule has 2 amide bonds. The molecule has 0 aliphatic carbocycles. The summed E-state index contributed by atoms with van der Waals surface area (Å²) in [5.41, 5.74) is 1.97. The predicted octanol–water partition coefficient (Wildman–Crippen LogP) is 4.81. The van der Waals surface area contributed by atoms with Gasteiger partial charge in [-0.1, -0.05) is 35.9 Å². The largest absolute Gasteiger partial charge is 0.506 e. The molecule has 3 N–H and O–H groups in total. The minimum absolute atomic E-state index is 0.107. The number of benzene rings is 3. The third kappa shape index (κ3) is 5.39. The van der Waals surface area contributed by atoms with E-state index in [-0.39, 0.29) is 17.1 Å². The molecule has 1 atom stereocenters. The Hall–Kier alpha value is -3.87. The van der Waals surface area contributed by atoms with E-state index in [0.29, 0.717) is 11.3 Å². The van der Waals surface area contributed by atoms with Gasteiger partial charge in [-0.15, -0.1) is 0 Å². The number of carbonyl (C=O) groups is 2. The molecule has 7 heteroatoms. The van der Waals surface area contributed by atoms with Gasteiger partial charge in [-0.05, 0) is 44.5 Å². The lowest BCUT2D eigenvalue weighted by Gasteiger charge is -2.17. The van der Waals surface area contributed by atoms with Gasteiger partial charge in [0.05, 0.1) is 11.4 Å². The predicted molar refractivity (Wildman–Crippen MR) is 117 cm³/mol. The number of phenolic OH excluding ortho intramolecular Hbond substituents is 1. The minimum Gasteiger partial charge on any atom is -0.506 e. The number of rotatable bonds is 6. The molecule has 0 bridgehead atoms. The molecule has 1 unspecified atom stereocenters. The number of anilines is 2. The molecular weight excluding hydrogens is 399 g/mol. The summed E-state index contributed by atoms with van der Waals surface area (Å²) in [4.78, 5) is 24.7. The molecule has 0 aliphatic heterocycles. The van der Waals surface area contributed by atoms with E-state index in [1.807, 2.05) is 26.0 Å². The molecule has 160 valence electrons.